The van der Waals surface area contributed by atoms with Crippen molar-refractivity contribution >= 4 is 33.6 Å². The van der Waals surface area contributed by atoms with Gasteiger partial charge in [0.1, 0.15) is 5.01 Å². The molecule has 2 N–H and O–H groups in total. The Morgan fingerprint density at radius 1 is 1.07 bits per heavy atom. The van der Waals surface area contributed by atoms with Crippen molar-refractivity contribution in [1.82, 2.24) is 14.6 Å². The molecule has 0 aliphatic carbocycles. The van der Waals surface area contributed by atoms with E-state index in [0.717, 1.165) is 17.1 Å². The average Bonchev–Trinajstić information content (AvgIpc) is 3.18. The van der Waals surface area contributed by atoms with Crippen LogP contribution in [0.15, 0.2) is 65.5 Å². The van der Waals surface area contributed by atoms with E-state index in [1.807, 2.05) is 49.4 Å². The van der Waals surface area contributed by atoms with Gasteiger partial charge in [-0.1, -0.05) is 48.6 Å². The smallest absolute Gasteiger partial charge is 0.275 e. The highest BCUT2D eigenvalue weighted by Crippen LogP contribution is 2.22. The van der Waals surface area contributed by atoms with E-state index in [9.17, 15) is 9.59 Å². The Morgan fingerprint density at radius 2 is 1.79 bits per heavy atom. The SMILES string of the molecule is CCc1nn2c(=O)cc(CNc3ccccc3NC(=O)c3ccccc3)nc2s1. The van der Waals surface area contributed by atoms with Crippen LogP contribution in [-0.4, -0.2) is 20.5 Å². The summed E-state index contributed by atoms with van der Waals surface area (Å²) < 4.78 is 1.33. The summed E-state index contributed by atoms with van der Waals surface area (Å²) in [5.41, 5.74) is 2.40. The summed E-state index contributed by atoms with van der Waals surface area (Å²) in [5, 5.41) is 11.3. The number of aryl methyl sites for hydroxylation is 1. The van der Waals surface area contributed by atoms with Gasteiger partial charge in [0, 0.05) is 11.6 Å². The van der Waals surface area contributed by atoms with Crippen LogP contribution in [0.2, 0.25) is 0 Å². The first kappa shape index (κ1) is 18.8. The number of fused-ring (bicyclic) bond motifs is 1. The molecule has 0 atom stereocenters. The number of carbonyl (C=O) groups excluding carboxylic acids is 1. The summed E-state index contributed by atoms with van der Waals surface area (Å²) in [5.74, 6) is -0.186. The molecule has 4 aromatic rings. The van der Waals surface area contributed by atoms with Crippen LogP contribution >= 0.6 is 11.3 Å². The molecule has 0 aliphatic rings. The first-order valence-corrected chi connectivity index (χ1v) is 10.0. The number of rotatable bonds is 6. The number of aromatic nitrogens is 3. The lowest BCUT2D eigenvalue weighted by Gasteiger charge is -2.13. The van der Waals surface area contributed by atoms with Gasteiger partial charge in [-0.3, -0.25) is 9.59 Å². The zero-order valence-corrected chi connectivity index (χ0v) is 16.6. The minimum atomic E-state index is -0.201. The molecule has 4 rings (SSSR count). The quantitative estimate of drug-likeness (QED) is 0.512. The Balaban J connectivity index is 1.53. The number of carbonyl (C=O) groups is 1. The van der Waals surface area contributed by atoms with Gasteiger partial charge in [0.15, 0.2) is 0 Å². The van der Waals surface area contributed by atoms with Crippen LogP contribution in [-0.2, 0) is 13.0 Å². The van der Waals surface area contributed by atoms with Crippen LogP contribution in [0.1, 0.15) is 28.0 Å². The van der Waals surface area contributed by atoms with Crippen molar-refractivity contribution in [1.29, 1.82) is 0 Å². The van der Waals surface area contributed by atoms with E-state index >= 15 is 0 Å². The molecule has 2 aromatic carbocycles. The molecule has 29 heavy (non-hydrogen) atoms. The van der Waals surface area contributed by atoms with Gasteiger partial charge in [-0.15, -0.1) is 0 Å². The molecule has 7 nitrogen and oxygen atoms in total. The summed E-state index contributed by atoms with van der Waals surface area (Å²) >= 11 is 1.41. The fourth-order valence-electron chi connectivity index (χ4n) is 2.85. The minimum Gasteiger partial charge on any atom is -0.378 e. The molecule has 8 heteroatoms. The number of anilines is 2. The summed E-state index contributed by atoms with van der Waals surface area (Å²) in [6, 6.07) is 17.9. The monoisotopic (exact) mass is 405 g/mol. The number of amides is 1. The third-order valence-corrected chi connectivity index (χ3v) is 5.37. The summed E-state index contributed by atoms with van der Waals surface area (Å²) in [6.45, 7) is 2.34. The van der Waals surface area contributed by atoms with E-state index in [4.69, 9.17) is 0 Å². The first-order valence-electron chi connectivity index (χ1n) is 9.22. The van der Waals surface area contributed by atoms with Crippen molar-refractivity contribution in [2.75, 3.05) is 10.6 Å². The number of hydrogen-bond acceptors (Lipinski definition) is 6. The third-order valence-electron chi connectivity index (χ3n) is 4.31. The predicted octanol–water partition coefficient (Wildman–Crippen LogP) is 3.58. The molecule has 0 aliphatic heterocycles. The lowest BCUT2D eigenvalue weighted by atomic mass is 10.2. The fourth-order valence-corrected chi connectivity index (χ4v) is 3.70. The van der Waals surface area contributed by atoms with Gasteiger partial charge in [-0.2, -0.15) is 9.61 Å². The van der Waals surface area contributed by atoms with Crippen molar-refractivity contribution in [3.05, 3.63) is 87.3 Å². The molecule has 0 radical (unpaired) electrons. The predicted molar refractivity (Wildman–Crippen MR) is 115 cm³/mol. The van der Waals surface area contributed by atoms with Crippen LogP contribution in [0, 0.1) is 0 Å². The average molecular weight is 405 g/mol. The van der Waals surface area contributed by atoms with Gasteiger partial charge in [0.05, 0.1) is 23.6 Å². The van der Waals surface area contributed by atoms with Gasteiger partial charge in [-0.25, -0.2) is 4.98 Å². The largest absolute Gasteiger partial charge is 0.378 e. The van der Waals surface area contributed by atoms with Gasteiger partial charge >= 0.3 is 0 Å². The number of hydrogen-bond donors (Lipinski definition) is 2. The topological polar surface area (TPSA) is 88.4 Å². The second-order valence-corrected chi connectivity index (χ2v) is 7.39. The van der Waals surface area contributed by atoms with Crippen molar-refractivity contribution < 1.29 is 4.79 Å². The van der Waals surface area contributed by atoms with Gasteiger partial charge < -0.3 is 10.6 Å². The Kier molecular flexibility index (Phi) is 5.35. The molecule has 0 bridgehead atoms. The maximum atomic E-state index is 12.5. The van der Waals surface area contributed by atoms with Crippen LogP contribution in [0.5, 0.6) is 0 Å². The van der Waals surface area contributed by atoms with E-state index < -0.39 is 0 Å². The van der Waals surface area contributed by atoms with Crippen LogP contribution < -0.4 is 16.2 Å². The molecular weight excluding hydrogens is 386 g/mol. The molecule has 0 saturated heterocycles. The number of nitrogens with zero attached hydrogens (tertiary/aromatic N) is 3. The molecule has 0 unspecified atom stereocenters. The van der Waals surface area contributed by atoms with E-state index in [1.165, 1.54) is 21.9 Å². The number of benzene rings is 2. The highest BCUT2D eigenvalue weighted by molar-refractivity contribution is 7.16. The molecule has 2 heterocycles. The molecule has 2 aromatic heterocycles. The van der Waals surface area contributed by atoms with Crippen LogP contribution in [0.3, 0.4) is 0 Å². The van der Waals surface area contributed by atoms with Crippen LogP contribution in [0.4, 0.5) is 11.4 Å². The molecule has 0 spiro atoms. The van der Waals surface area contributed by atoms with Gasteiger partial charge in [-0.05, 0) is 30.7 Å². The van der Waals surface area contributed by atoms with E-state index in [2.05, 4.69) is 20.7 Å². The molecule has 1 amide bonds. The normalized spacial score (nSPS) is 10.8. The summed E-state index contributed by atoms with van der Waals surface area (Å²) in [4.78, 5) is 29.9. The summed E-state index contributed by atoms with van der Waals surface area (Å²) in [6.07, 6.45) is 0.759. The lowest BCUT2D eigenvalue weighted by Crippen LogP contribution is -2.17. The highest BCUT2D eigenvalue weighted by Gasteiger charge is 2.11. The maximum absolute atomic E-state index is 12.5. The zero-order chi connectivity index (χ0) is 20.2. The lowest BCUT2D eigenvalue weighted by molar-refractivity contribution is 0.102. The summed E-state index contributed by atoms with van der Waals surface area (Å²) in [7, 11) is 0. The number of nitrogens with one attached hydrogen (secondary N) is 2. The Hall–Kier alpha value is -3.52. The van der Waals surface area contributed by atoms with Crippen molar-refractivity contribution in [2.24, 2.45) is 0 Å². The standard InChI is InChI=1S/C21H19N5O2S/c1-2-18-25-26-19(27)12-15(23-21(26)29-18)13-22-16-10-6-7-11-17(16)24-20(28)14-8-4-3-5-9-14/h3-12,22H,2,13H2,1H3,(H,24,28). The zero-order valence-electron chi connectivity index (χ0n) is 15.8. The molecule has 0 fully saturated rings. The fraction of sp³-hybridized carbons (Fsp3) is 0.143. The first-order chi connectivity index (χ1) is 14.1. The van der Waals surface area contributed by atoms with Crippen molar-refractivity contribution in [2.45, 2.75) is 19.9 Å². The molecule has 0 saturated carbocycles. The third kappa shape index (κ3) is 4.17. The highest BCUT2D eigenvalue weighted by atomic mass is 32.1. The van der Waals surface area contributed by atoms with E-state index in [0.29, 0.717) is 28.5 Å². The van der Waals surface area contributed by atoms with E-state index in [1.54, 1.807) is 12.1 Å². The van der Waals surface area contributed by atoms with Gasteiger partial charge in [0.2, 0.25) is 4.96 Å². The van der Waals surface area contributed by atoms with Crippen molar-refractivity contribution in [3.63, 3.8) is 0 Å². The number of para-hydroxylation sites is 2. The minimum absolute atomic E-state index is 0.186. The second kappa shape index (κ2) is 8.24. The molecular formula is C21H19N5O2S. The maximum Gasteiger partial charge on any atom is 0.275 e. The second-order valence-electron chi connectivity index (χ2n) is 6.35. The molecule has 146 valence electrons. The van der Waals surface area contributed by atoms with E-state index in [-0.39, 0.29) is 11.5 Å². The van der Waals surface area contributed by atoms with Gasteiger partial charge in [0.25, 0.3) is 11.5 Å². The Labute approximate surface area is 171 Å². The van der Waals surface area contributed by atoms with Crippen molar-refractivity contribution in [3.8, 4) is 0 Å². The Bertz CT molecular complexity index is 1220. The van der Waals surface area contributed by atoms with Crippen LogP contribution in [0.25, 0.3) is 4.96 Å². The Morgan fingerprint density at radius 3 is 2.55 bits per heavy atom.